The third kappa shape index (κ3) is 7.82. The smallest absolute Gasteiger partial charge is 0.407 e. The zero-order valence-corrected chi connectivity index (χ0v) is 17.0. The number of benzene rings is 1. The Balaban J connectivity index is 1.75. The lowest BCUT2D eigenvalue weighted by Gasteiger charge is -2.28. The maximum atomic E-state index is 12.3. The van der Waals surface area contributed by atoms with Gasteiger partial charge in [0.2, 0.25) is 5.91 Å². The number of hydrogen-bond acceptors (Lipinski definition) is 7. The first kappa shape index (κ1) is 23.3. The van der Waals surface area contributed by atoms with Gasteiger partial charge in [-0.25, -0.2) is 9.59 Å². The molecule has 30 heavy (non-hydrogen) atoms. The highest BCUT2D eigenvalue weighted by Gasteiger charge is 2.34. The molecular formula is C21H28N2O7. The second kappa shape index (κ2) is 11.9. The van der Waals surface area contributed by atoms with E-state index < -0.39 is 30.1 Å². The van der Waals surface area contributed by atoms with Crippen LogP contribution >= 0.6 is 0 Å². The van der Waals surface area contributed by atoms with E-state index in [4.69, 9.17) is 9.47 Å². The predicted octanol–water partition coefficient (Wildman–Crippen LogP) is 1.08. The van der Waals surface area contributed by atoms with Gasteiger partial charge in [0.1, 0.15) is 18.4 Å². The van der Waals surface area contributed by atoms with E-state index in [1.165, 1.54) is 7.11 Å². The Hall–Kier alpha value is -2.94. The molecule has 1 aromatic carbocycles. The van der Waals surface area contributed by atoms with Gasteiger partial charge in [0, 0.05) is 19.4 Å². The summed E-state index contributed by atoms with van der Waals surface area (Å²) < 4.78 is 9.78. The van der Waals surface area contributed by atoms with Crippen molar-refractivity contribution in [1.82, 2.24) is 10.6 Å². The van der Waals surface area contributed by atoms with Gasteiger partial charge in [-0.05, 0) is 24.3 Å². The van der Waals surface area contributed by atoms with Crippen molar-refractivity contribution in [3.8, 4) is 0 Å². The van der Waals surface area contributed by atoms with Crippen LogP contribution in [0.15, 0.2) is 30.3 Å². The number of methoxy groups -OCH3 is 1. The third-order valence-corrected chi connectivity index (χ3v) is 4.88. The minimum Gasteiger partial charge on any atom is -0.467 e. The fraction of sp³-hybridized carbons (Fsp3) is 0.524. The molecule has 9 nitrogen and oxygen atoms in total. The predicted molar refractivity (Wildman–Crippen MR) is 106 cm³/mol. The molecule has 3 atom stereocenters. The Morgan fingerprint density at radius 1 is 1.23 bits per heavy atom. The molecule has 164 valence electrons. The molecule has 3 N–H and O–H groups in total. The second-order valence-corrected chi connectivity index (χ2v) is 7.26. The number of aliphatic hydroxyl groups is 1. The Kier molecular flexibility index (Phi) is 9.27. The summed E-state index contributed by atoms with van der Waals surface area (Å²) in [5, 5.41) is 15.0. The molecule has 0 spiro atoms. The molecule has 0 bridgehead atoms. The molecule has 0 aromatic heterocycles. The molecule has 0 heterocycles. The van der Waals surface area contributed by atoms with Crippen LogP contribution in [0.1, 0.15) is 37.7 Å². The summed E-state index contributed by atoms with van der Waals surface area (Å²) in [6.45, 7) is -0.101. The average molecular weight is 420 g/mol. The summed E-state index contributed by atoms with van der Waals surface area (Å²) in [7, 11) is 1.21. The maximum Gasteiger partial charge on any atom is 0.407 e. The van der Waals surface area contributed by atoms with Crippen molar-refractivity contribution in [3.05, 3.63) is 35.9 Å². The second-order valence-electron chi connectivity index (χ2n) is 7.26. The normalized spacial score (nSPS) is 18.1. The average Bonchev–Trinajstić information content (AvgIpc) is 2.74. The van der Waals surface area contributed by atoms with Gasteiger partial charge in [-0.3, -0.25) is 9.59 Å². The van der Waals surface area contributed by atoms with Crippen LogP contribution in [0.5, 0.6) is 0 Å². The van der Waals surface area contributed by atoms with E-state index in [1.807, 2.05) is 30.3 Å². The molecule has 1 aliphatic rings. The van der Waals surface area contributed by atoms with Crippen LogP contribution in [0.25, 0.3) is 0 Å². The monoisotopic (exact) mass is 420 g/mol. The van der Waals surface area contributed by atoms with Crippen LogP contribution in [-0.2, 0) is 30.5 Å². The highest BCUT2D eigenvalue weighted by Crippen LogP contribution is 2.25. The van der Waals surface area contributed by atoms with E-state index in [0.717, 1.165) is 5.56 Å². The van der Waals surface area contributed by atoms with Crippen LogP contribution in [0.4, 0.5) is 4.79 Å². The van der Waals surface area contributed by atoms with Crippen molar-refractivity contribution in [1.29, 1.82) is 0 Å². The highest BCUT2D eigenvalue weighted by atomic mass is 16.5. The minimum atomic E-state index is -1.17. The van der Waals surface area contributed by atoms with E-state index in [2.05, 4.69) is 10.6 Å². The molecule has 1 aromatic rings. The first-order chi connectivity index (χ1) is 14.4. The van der Waals surface area contributed by atoms with Crippen LogP contribution in [0.3, 0.4) is 0 Å². The lowest BCUT2D eigenvalue weighted by molar-refractivity contribution is -0.147. The topological polar surface area (TPSA) is 131 Å². The summed E-state index contributed by atoms with van der Waals surface area (Å²) in [5.74, 6) is -1.48. The quantitative estimate of drug-likeness (QED) is 0.510. The molecule has 2 amide bonds. The van der Waals surface area contributed by atoms with Crippen LogP contribution in [-0.4, -0.2) is 54.7 Å². The number of carbonyl (C=O) groups excluding carboxylic acids is 4. The standard InChI is InChI=1S/C21H28N2O7/c1-29-20(27)19(15-8-5-9-16(24)10-15)23-18(26)11-17(25)12-22-21(28)30-13-14-6-3-2-4-7-14/h2-4,6-7,15,17,19,25H,5,8-13H2,1H3,(H,22,28)(H,23,26)/t15-,17-,19-/m1/s1. The van der Waals surface area contributed by atoms with Crippen molar-refractivity contribution in [3.63, 3.8) is 0 Å². The van der Waals surface area contributed by atoms with Gasteiger partial charge in [-0.2, -0.15) is 0 Å². The van der Waals surface area contributed by atoms with Gasteiger partial charge in [-0.15, -0.1) is 0 Å². The van der Waals surface area contributed by atoms with E-state index >= 15 is 0 Å². The fourth-order valence-electron chi connectivity index (χ4n) is 3.33. The number of aliphatic hydroxyl groups excluding tert-OH is 1. The van der Waals surface area contributed by atoms with Crippen molar-refractivity contribution in [2.24, 2.45) is 5.92 Å². The number of ketones is 1. The van der Waals surface area contributed by atoms with Gasteiger partial charge >= 0.3 is 12.1 Å². The summed E-state index contributed by atoms with van der Waals surface area (Å²) in [4.78, 5) is 47.7. The number of esters is 1. The third-order valence-electron chi connectivity index (χ3n) is 4.88. The van der Waals surface area contributed by atoms with E-state index in [1.54, 1.807) is 0 Å². The van der Waals surface area contributed by atoms with Crippen LogP contribution in [0, 0.1) is 5.92 Å². The molecule has 2 rings (SSSR count). The SMILES string of the molecule is COC(=O)[C@H](NC(=O)C[C@@H](O)CNC(=O)OCc1ccccc1)[C@@H]1CCCC(=O)C1. The van der Waals surface area contributed by atoms with E-state index in [-0.39, 0.29) is 37.7 Å². The summed E-state index contributed by atoms with van der Waals surface area (Å²) >= 11 is 0. The van der Waals surface area contributed by atoms with Gasteiger partial charge < -0.3 is 25.2 Å². The highest BCUT2D eigenvalue weighted by molar-refractivity contribution is 5.86. The lowest BCUT2D eigenvalue weighted by Crippen LogP contribution is -2.49. The summed E-state index contributed by atoms with van der Waals surface area (Å²) in [6, 6.07) is 8.17. The molecule has 9 heteroatoms. The first-order valence-corrected chi connectivity index (χ1v) is 9.90. The minimum absolute atomic E-state index is 0.0488. The van der Waals surface area contributed by atoms with E-state index in [9.17, 15) is 24.3 Å². The molecule has 0 unspecified atom stereocenters. The molecule has 1 saturated carbocycles. The first-order valence-electron chi connectivity index (χ1n) is 9.90. The summed E-state index contributed by atoms with van der Waals surface area (Å²) in [6.07, 6.45) is -0.242. The Labute approximate surface area is 175 Å². The number of ether oxygens (including phenoxy) is 2. The number of alkyl carbamates (subject to hydrolysis) is 1. The number of amides is 2. The Bertz CT molecular complexity index is 738. The van der Waals surface area contributed by atoms with Gasteiger partial charge in [-0.1, -0.05) is 30.3 Å². The molecule has 1 aliphatic carbocycles. The van der Waals surface area contributed by atoms with Crippen molar-refractivity contribution < 1.29 is 33.8 Å². The number of carbonyl (C=O) groups is 4. The van der Waals surface area contributed by atoms with E-state index in [0.29, 0.717) is 19.3 Å². The molecular weight excluding hydrogens is 392 g/mol. The molecule has 1 fully saturated rings. The number of Topliss-reactive ketones (excluding diaryl/α,β-unsaturated/α-hetero) is 1. The Morgan fingerprint density at radius 2 is 1.97 bits per heavy atom. The van der Waals surface area contributed by atoms with Crippen molar-refractivity contribution in [2.75, 3.05) is 13.7 Å². The lowest BCUT2D eigenvalue weighted by atomic mass is 9.83. The molecule has 0 aliphatic heterocycles. The van der Waals surface area contributed by atoms with Crippen LogP contribution < -0.4 is 10.6 Å². The largest absolute Gasteiger partial charge is 0.467 e. The summed E-state index contributed by atoms with van der Waals surface area (Å²) in [5.41, 5.74) is 0.822. The zero-order valence-electron chi connectivity index (χ0n) is 17.0. The molecule has 0 saturated heterocycles. The number of nitrogens with one attached hydrogen (secondary N) is 2. The van der Waals surface area contributed by atoms with Gasteiger partial charge in [0.25, 0.3) is 0 Å². The van der Waals surface area contributed by atoms with Crippen LogP contribution in [0.2, 0.25) is 0 Å². The number of hydrogen-bond donors (Lipinski definition) is 3. The van der Waals surface area contributed by atoms with Gasteiger partial charge in [0.15, 0.2) is 0 Å². The zero-order chi connectivity index (χ0) is 21.9. The van der Waals surface area contributed by atoms with Crippen molar-refractivity contribution in [2.45, 2.75) is 50.9 Å². The van der Waals surface area contributed by atoms with Gasteiger partial charge in [0.05, 0.1) is 19.6 Å². The van der Waals surface area contributed by atoms with Crippen molar-refractivity contribution >= 4 is 23.8 Å². The number of rotatable bonds is 9. The fourth-order valence-corrected chi connectivity index (χ4v) is 3.33. The Morgan fingerprint density at radius 3 is 2.63 bits per heavy atom. The molecule has 0 radical (unpaired) electrons. The maximum absolute atomic E-state index is 12.3.